The molecule has 0 aromatic carbocycles. The molecule has 22 heavy (non-hydrogen) atoms. The number of halogens is 3. The third-order valence-corrected chi connectivity index (χ3v) is 4.25. The number of nitrogens with zero attached hydrogens (tertiary/aromatic N) is 1. The van der Waals surface area contributed by atoms with Gasteiger partial charge >= 0.3 is 6.18 Å². The van der Waals surface area contributed by atoms with Crippen LogP contribution in [0.2, 0.25) is 0 Å². The van der Waals surface area contributed by atoms with Crippen molar-refractivity contribution < 1.29 is 23.1 Å². The molecule has 1 amide bonds. The number of hydrogen-bond donors (Lipinski definition) is 2. The van der Waals surface area contributed by atoms with Crippen LogP contribution in [0.15, 0.2) is 5.38 Å². The molecule has 1 aromatic heterocycles. The van der Waals surface area contributed by atoms with Gasteiger partial charge in [-0.1, -0.05) is 13.8 Å². The number of carbonyl (C=O) groups excluding carboxylic acids is 1. The van der Waals surface area contributed by atoms with E-state index in [9.17, 15) is 23.1 Å². The van der Waals surface area contributed by atoms with E-state index in [1.54, 1.807) is 0 Å². The Bertz CT molecular complexity index is 503. The molecule has 0 aliphatic heterocycles. The number of carbonyl (C=O) groups is 1. The zero-order valence-electron chi connectivity index (χ0n) is 12.8. The second-order valence-corrected chi connectivity index (χ2v) is 6.57. The van der Waals surface area contributed by atoms with Gasteiger partial charge in [-0.15, -0.1) is 11.3 Å². The second-order valence-electron chi connectivity index (χ2n) is 5.71. The summed E-state index contributed by atoms with van der Waals surface area (Å²) in [6.07, 6.45) is -4.49. The summed E-state index contributed by atoms with van der Waals surface area (Å²) in [5.41, 5.74) is -2.87. The molecule has 0 saturated heterocycles. The summed E-state index contributed by atoms with van der Waals surface area (Å²) >= 11 is 0.696. The fourth-order valence-electron chi connectivity index (χ4n) is 1.87. The van der Waals surface area contributed by atoms with Crippen LogP contribution in [-0.4, -0.2) is 28.7 Å². The maximum Gasteiger partial charge on any atom is 0.424 e. The normalized spacial score (nSPS) is 14.9. The van der Waals surface area contributed by atoms with Gasteiger partial charge in [-0.2, -0.15) is 13.2 Å². The largest absolute Gasteiger partial charge is 0.424 e. The molecule has 0 radical (unpaired) electrons. The second kappa shape index (κ2) is 7.41. The first-order valence-corrected chi connectivity index (χ1v) is 7.92. The monoisotopic (exact) mass is 338 g/mol. The lowest BCUT2D eigenvalue weighted by Crippen LogP contribution is -2.46. The van der Waals surface area contributed by atoms with Crippen molar-refractivity contribution in [3.8, 4) is 0 Å². The van der Waals surface area contributed by atoms with Crippen molar-refractivity contribution in [2.75, 3.05) is 6.54 Å². The molecule has 0 saturated carbocycles. The smallest absolute Gasteiger partial charge is 0.374 e. The number of rotatable bonds is 7. The van der Waals surface area contributed by atoms with Crippen LogP contribution in [0.4, 0.5) is 13.2 Å². The standard InChI is InChI=1S/C14H21F3N2O2S/c1-9(2)5-4-6-18-11(20)7-13(21,14(15,16)17)12-19-10(3)8-22-12/h8-9,21H,4-7H2,1-3H3,(H,18,20)/t13-/m0/s1. The third kappa shape index (κ3) is 4.95. The fourth-order valence-corrected chi connectivity index (χ4v) is 2.79. The van der Waals surface area contributed by atoms with Crippen molar-refractivity contribution in [2.45, 2.75) is 51.8 Å². The highest BCUT2D eigenvalue weighted by molar-refractivity contribution is 7.09. The zero-order chi connectivity index (χ0) is 17.0. The number of amides is 1. The number of aryl methyl sites for hydroxylation is 1. The molecule has 8 heteroatoms. The molecule has 0 aliphatic carbocycles. The van der Waals surface area contributed by atoms with E-state index < -0.39 is 29.1 Å². The summed E-state index contributed by atoms with van der Waals surface area (Å²) in [5, 5.41) is 13.3. The Morgan fingerprint density at radius 1 is 1.45 bits per heavy atom. The number of nitrogens with one attached hydrogen (secondary N) is 1. The molecule has 0 unspecified atom stereocenters. The van der Waals surface area contributed by atoms with Gasteiger partial charge in [-0.05, 0) is 25.7 Å². The predicted octanol–water partition coefficient (Wildman–Crippen LogP) is 3.14. The lowest BCUT2D eigenvalue weighted by atomic mass is 9.99. The van der Waals surface area contributed by atoms with Gasteiger partial charge in [0.25, 0.3) is 0 Å². The van der Waals surface area contributed by atoms with Gasteiger partial charge in [-0.25, -0.2) is 4.98 Å². The van der Waals surface area contributed by atoms with E-state index in [-0.39, 0.29) is 0 Å². The molecule has 2 N–H and O–H groups in total. The van der Waals surface area contributed by atoms with Crippen LogP contribution in [0.3, 0.4) is 0 Å². The third-order valence-electron chi connectivity index (χ3n) is 3.14. The van der Waals surface area contributed by atoms with E-state index in [1.165, 1.54) is 12.3 Å². The van der Waals surface area contributed by atoms with Gasteiger partial charge in [0, 0.05) is 17.6 Å². The van der Waals surface area contributed by atoms with Gasteiger partial charge < -0.3 is 10.4 Å². The Hall–Kier alpha value is -1.15. The van der Waals surface area contributed by atoms with Crippen molar-refractivity contribution in [3.05, 3.63) is 16.1 Å². The Morgan fingerprint density at radius 2 is 2.09 bits per heavy atom. The first-order chi connectivity index (χ1) is 10.1. The Balaban J connectivity index is 2.73. The van der Waals surface area contributed by atoms with E-state index >= 15 is 0 Å². The quantitative estimate of drug-likeness (QED) is 0.751. The van der Waals surface area contributed by atoms with E-state index in [0.29, 0.717) is 35.9 Å². The van der Waals surface area contributed by atoms with Crippen LogP contribution in [0.25, 0.3) is 0 Å². The van der Waals surface area contributed by atoms with Crippen LogP contribution < -0.4 is 5.32 Å². The van der Waals surface area contributed by atoms with Crippen LogP contribution in [-0.2, 0) is 10.4 Å². The topological polar surface area (TPSA) is 62.2 Å². The highest BCUT2D eigenvalue weighted by atomic mass is 32.1. The molecular formula is C14H21F3N2O2S. The van der Waals surface area contributed by atoms with Crippen LogP contribution >= 0.6 is 11.3 Å². The summed E-state index contributed by atoms with van der Waals surface area (Å²) < 4.78 is 39.6. The number of alkyl halides is 3. The molecule has 1 atom stereocenters. The van der Waals surface area contributed by atoms with Gasteiger partial charge in [-0.3, -0.25) is 4.79 Å². The van der Waals surface area contributed by atoms with Gasteiger partial charge in [0.05, 0.1) is 6.42 Å². The Morgan fingerprint density at radius 3 is 2.55 bits per heavy atom. The molecular weight excluding hydrogens is 317 g/mol. The maximum absolute atomic E-state index is 13.2. The van der Waals surface area contributed by atoms with Crippen LogP contribution in [0, 0.1) is 12.8 Å². The average molecular weight is 338 g/mol. The van der Waals surface area contributed by atoms with Crippen LogP contribution in [0.1, 0.15) is 43.8 Å². The average Bonchev–Trinajstić information content (AvgIpc) is 2.80. The minimum atomic E-state index is -4.97. The van der Waals surface area contributed by atoms with Crippen molar-refractivity contribution in [2.24, 2.45) is 5.92 Å². The van der Waals surface area contributed by atoms with E-state index in [1.807, 2.05) is 13.8 Å². The molecule has 0 fully saturated rings. The summed E-state index contributed by atoms with van der Waals surface area (Å²) in [7, 11) is 0. The highest BCUT2D eigenvalue weighted by Crippen LogP contribution is 2.42. The van der Waals surface area contributed by atoms with E-state index in [4.69, 9.17) is 0 Å². The maximum atomic E-state index is 13.2. The van der Waals surface area contributed by atoms with Gasteiger partial charge in [0.15, 0.2) is 0 Å². The first kappa shape index (κ1) is 18.9. The zero-order valence-corrected chi connectivity index (χ0v) is 13.6. The predicted molar refractivity (Wildman–Crippen MR) is 78.5 cm³/mol. The van der Waals surface area contributed by atoms with E-state index in [2.05, 4.69) is 10.3 Å². The molecule has 1 rings (SSSR count). The SMILES string of the molecule is Cc1csc([C@@](O)(CC(=O)NCCCC(C)C)C(F)(F)F)n1. The minimum Gasteiger partial charge on any atom is -0.374 e. The van der Waals surface area contributed by atoms with Gasteiger partial charge in [0.1, 0.15) is 5.01 Å². The lowest BCUT2D eigenvalue weighted by Gasteiger charge is -2.27. The summed E-state index contributed by atoms with van der Waals surface area (Å²) in [6.45, 7) is 5.87. The summed E-state index contributed by atoms with van der Waals surface area (Å²) in [5.74, 6) is -0.376. The molecule has 0 bridgehead atoms. The Labute approximate surface area is 131 Å². The van der Waals surface area contributed by atoms with E-state index in [0.717, 1.165) is 6.42 Å². The van der Waals surface area contributed by atoms with Crippen LogP contribution in [0.5, 0.6) is 0 Å². The molecule has 126 valence electrons. The first-order valence-electron chi connectivity index (χ1n) is 7.04. The number of aromatic nitrogens is 1. The number of hydrogen-bond acceptors (Lipinski definition) is 4. The van der Waals surface area contributed by atoms with Crippen molar-refractivity contribution in [1.82, 2.24) is 10.3 Å². The lowest BCUT2D eigenvalue weighted by molar-refractivity contribution is -0.267. The van der Waals surface area contributed by atoms with Crippen molar-refractivity contribution in [3.63, 3.8) is 0 Å². The molecule has 0 aliphatic rings. The highest BCUT2D eigenvalue weighted by Gasteiger charge is 2.58. The van der Waals surface area contributed by atoms with Gasteiger partial charge in [0.2, 0.25) is 11.5 Å². The number of aliphatic hydroxyl groups is 1. The van der Waals surface area contributed by atoms with Crippen molar-refractivity contribution >= 4 is 17.2 Å². The molecule has 0 spiro atoms. The number of thiazole rings is 1. The minimum absolute atomic E-state index is 0.293. The Kier molecular flexibility index (Phi) is 6.37. The summed E-state index contributed by atoms with van der Waals surface area (Å²) in [4.78, 5) is 15.4. The molecule has 4 nitrogen and oxygen atoms in total. The molecule has 1 aromatic rings. The molecule has 1 heterocycles. The fraction of sp³-hybridized carbons (Fsp3) is 0.714. The van der Waals surface area contributed by atoms with Crippen molar-refractivity contribution in [1.29, 1.82) is 0 Å². The summed E-state index contributed by atoms with van der Waals surface area (Å²) in [6, 6.07) is 0.